The van der Waals surface area contributed by atoms with Gasteiger partial charge in [-0.2, -0.15) is 0 Å². The second-order valence-electron chi connectivity index (χ2n) is 5.53. The molecule has 0 fully saturated rings. The quantitative estimate of drug-likeness (QED) is 0.524. The third kappa shape index (κ3) is 4.22. The molecule has 0 saturated carbocycles. The second-order valence-corrected chi connectivity index (χ2v) is 11.0. The second kappa shape index (κ2) is 8.01. The fourth-order valence-electron chi connectivity index (χ4n) is 2.61. The molecule has 4 heteroatoms. The molecule has 0 spiro atoms. The Hall–Kier alpha value is -1.86. The van der Waals surface area contributed by atoms with Gasteiger partial charge in [0.05, 0.1) is 0 Å². The summed E-state index contributed by atoms with van der Waals surface area (Å²) in [5.74, 6) is 0. The third-order valence-electron chi connectivity index (χ3n) is 3.77. The first-order chi connectivity index (χ1) is 12.1. The van der Waals surface area contributed by atoms with Gasteiger partial charge in [-0.25, -0.2) is 0 Å². The summed E-state index contributed by atoms with van der Waals surface area (Å²) in [4.78, 5) is 0.338. The summed E-state index contributed by atoms with van der Waals surface area (Å²) in [5, 5.41) is -0.710. The molecule has 0 saturated heterocycles. The summed E-state index contributed by atoms with van der Waals surface area (Å²) < 4.78 is 28.6. The number of rotatable bonds is 6. The number of hydrogen-bond donors (Lipinski definition) is 0. The standard InChI is InChI=1S/C21H18O2STe/c1-17(25-20-15-9-4-10-16-20)21(18-11-5-2-6-12-18)24(22,23)19-13-7-3-8-14-19/h2-16,21H,1H2. The molecule has 0 aliphatic rings. The van der Waals surface area contributed by atoms with Crippen molar-refractivity contribution >= 4 is 34.4 Å². The normalized spacial score (nSPS) is 12.5. The van der Waals surface area contributed by atoms with Gasteiger partial charge in [-0.15, -0.1) is 0 Å². The Morgan fingerprint density at radius 3 is 1.80 bits per heavy atom. The molecule has 126 valence electrons. The minimum atomic E-state index is -3.54. The van der Waals surface area contributed by atoms with Crippen LogP contribution in [-0.4, -0.2) is 29.3 Å². The Morgan fingerprint density at radius 1 is 0.760 bits per heavy atom. The zero-order chi connectivity index (χ0) is 17.7. The molecule has 3 aromatic carbocycles. The molecular formula is C21H18O2STe. The summed E-state index contributed by atoms with van der Waals surface area (Å²) in [5.41, 5.74) is 0.775. The van der Waals surface area contributed by atoms with Crippen LogP contribution in [0, 0.1) is 0 Å². The van der Waals surface area contributed by atoms with Crippen molar-refractivity contribution < 1.29 is 8.42 Å². The summed E-state index contributed by atoms with van der Waals surface area (Å²) in [6.07, 6.45) is 0. The zero-order valence-electron chi connectivity index (χ0n) is 13.6. The van der Waals surface area contributed by atoms with E-state index in [0.29, 0.717) is 4.90 Å². The molecule has 25 heavy (non-hydrogen) atoms. The van der Waals surface area contributed by atoms with Crippen molar-refractivity contribution in [1.29, 1.82) is 0 Å². The molecule has 0 N–H and O–H groups in total. The number of hydrogen-bond acceptors (Lipinski definition) is 2. The summed E-state index contributed by atoms with van der Waals surface area (Å²) >= 11 is -0.843. The van der Waals surface area contributed by atoms with Gasteiger partial charge in [-0.1, -0.05) is 0 Å². The minimum absolute atomic E-state index is 0.338. The van der Waals surface area contributed by atoms with Crippen molar-refractivity contribution in [3.63, 3.8) is 0 Å². The zero-order valence-corrected chi connectivity index (χ0v) is 16.7. The molecule has 2 nitrogen and oxygen atoms in total. The van der Waals surface area contributed by atoms with E-state index in [1.54, 1.807) is 24.3 Å². The Bertz CT molecular complexity index is 937. The van der Waals surface area contributed by atoms with Crippen molar-refractivity contribution in [3.05, 3.63) is 107 Å². The fourth-order valence-corrected chi connectivity index (χ4v) is 8.08. The average molecular weight is 462 g/mol. The molecule has 1 atom stereocenters. The average Bonchev–Trinajstić information content (AvgIpc) is 2.64. The van der Waals surface area contributed by atoms with Gasteiger partial charge >= 0.3 is 160 Å². The molecule has 0 bridgehead atoms. The van der Waals surface area contributed by atoms with E-state index in [1.165, 1.54) is 3.61 Å². The van der Waals surface area contributed by atoms with E-state index in [0.717, 1.165) is 9.18 Å². The van der Waals surface area contributed by atoms with E-state index >= 15 is 0 Å². The summed E-state index contributed by atoms with van der Waals surface area (Å²) in [7, 11) is -3.54. The topological polar surface area (TPSA) is 34.1 Å². The van der Waals surface area contributed by atoms with Gasteiger partial charge in [0.15, 0.2) is 0 Å². The maximum atomic E-state index is 13.3. The fraction of sp³-hybridized carbons (Fsp3) is 0.0476. The van der Waals surface area contributed by atoms with Crippen LogP contribution < -0.4 is 3.61 Å². The van der Waals surface area contributed by atoms with Crippen LogP contribution in [0.15, 0.2) is 106 Å². The molecule has 0 aromatic heterocycles. The van der Waals surface area contributed by atoms with E-state index in [4.69, 9.17) is 0 Å². The van der Waals surface area contributed by atoms with Crippen LogP contribution >= 0.6 is 0 Å². The molecule has 0 radical (unpaired) electrons. The van der Waals surface area contributed by atoms with Crippen molar-refractivity contribution in [2.24, 2.45) is 0 Å². The first kappa shape index (κ1) is 17.9. The molecular weight excluding hydrogens is 444 g/mol. The van der Waals surface area contributed by atoms with Crippen molar-refractivity contribution in [1.82, 2.24) is 0 Å². The third-order valence-corrected chi connectivity index (χ3v) is 9.21. The van der Waals surface area contributed by atoms with Crippen LogP contribution in [0.4, 0.5) is 0 Å². The van der Waals surface area contributed by atoms with Crippen LogP contribution in [-0.2, 0) is 9.84 Å². The summed E-state index contributed by atoms with van der Waals surface area (Å²) in [6, 6.07) is 28.0. The van der Waals surface area contributed by atoms with E-state index < -0.39 is 36.0 Å². The van der Waals surface area contributed by atoms with Crippen molar-refractivity contribution in [2.45, 2.75) is 10.1 Å². The molecule has 1 unspecified atom stereocenters. The monoisotopic (exact) mass is 464 g/mol. The van der Waals surface area contributed by atoms with Crippen molar-refractivity contribution in [3.8, 4) is 0 Å². The first-order valence-electron chi connectivity index (χ1n) is 7.84. The molecule has 0 aliphatic carbocycles. The molecule has 3 rings (SSSR count). The van der Waals surface area contributed by atoms with Gasteiger partial charge in [0.2, 0.25) is 0 Å². The molecule has 0 heterocycles. The van der Waals surface area contributed by atoms with E-state index in [2.05, 4.69) is 6.58 Å². The van der Waals surface area contributed by atoms with Gasteiger partial charge in [-0.05, 0) is 0 Å². The molecule has 0 amide bonds. The van der Waals surface area contributed by atoms with Gasteiger partial charge in [0.25, 0.3) is 0 Å². The Labute approximate surface area is 159 Å². The van der Waals surface area contributed by atoms with Crippen LogP contribution in [0.3, 0.4) is 0 Å². The first-order valence-corrected chi connectivity index (χ1v) is 11.7. The SMILES string of the molecule is C=C([Te]c1ccccc1)C(c1ccccc1)S(=O)(=O)c1ccccc1. The van der Waals surface area contributed by atoms with Gasteiger partial charge < -0.3 is 0 Å². The Balaban J connectivity index is 2.03. The van der Waals surface area contributed by atoms with Gasteiger partial charge in [0.1, 0.15) is 0 Å². The maximum absolute atomic E-state index is 13.3. The van der Waals surface area contributed by atoms with Crippen LogP contribution in [0.25, 0.3) is 0 Å². The summed E-state index contributed by atoms with van der Waals surface area (Å²) in [6.45, 7) is 4.20. The van der Waals surface area contributed by atoms with E-state index in [9.17, 15) is 8.42 Å². The van der Waals surface area contributed by atoms with Gasteiger partial charge in [-0.3, -0.25) is 0 Å². The predicted octanol–water partition coefficient (Wildman–Crippen LogP) is 3.75. The molecule has 0 aliphatic heterocycles. The van der Waals surface area contributed by atoms with Crippen LogP contribution in [0.2, 0.25) is 0 Å². The van der Waals surface area contributed by atoms with Gasteiger partial charge in [0, 0.05) is 0 Å². The van der Waals surface area contributed by atoms with Crippen LogP contribution in [0.1, 0.15) is 10.8 Å². The number of sulfone groups is 1. The number of benzene rings is 3. The van der Waals surface area contributed by atoms with Crippen molar-refractivity contribution in [2.75, 3.05) is 0 Å². The van der Waals surface area contributed by atoms with E-state index in [1.807, 2.05) is 66.7 Å². The van der Waals surface area contributed by atoms with E-state index in [-0.39, 0.29) is 0 Å². The Kier molecular flexibility index (Phi) is 5.75. The molecule has 3 aromatic rings. The Morgan fingerprint density at radius 2 is 1.24 bits per heavy atom. The predicted molar refractivity (Wildman–Crippen MR) is 104 cm³/mol. The van der Waals surface area contributed by atoms with Crippen LogP contribution in [0.5, 0.6) is 0 Å².